The Morgan fingerprint density at radius 2 is 1.88 bits per heavy atom. The van der Waals surface area contributed by atoms with Crippen LogP contribution in [0, 0.1) is 0 Å². The Morgan fingerprint density at radius 3 is 2.54 bits per heavy atom. The molecule has 2 fully saturated rings. The fourth-order valence-electron chi connectivity index (χ4n) is 3.14. The SMILES string of the molecule is O=C(C1CCCCN1C(=O)/C=C/c1ccc(Cl)cc1)N1CC(O)C1. The standard InChI is InChI=1S/C18H21ClN2O3/c19-14-7-4-13(5-8-14)6-9-17(23)21-10-2-1-3-16(21)18(24)20-11-15(22)12-20/h4-9,15-16,22H,1-3,10-12H2/b9-6+. The summed E-state index contributed by atoms with van der Waals surface area (Å²) in [5.74, 6) is -0.197. The van der Waals surface area contributed by atoms with Crippen molar-refractivity contribution in [1.29, 1.82) is 0 Å². The van der Waals surface area contributed by atoms with Crippen LogP contribution in [0.4, 0.5) is 0 Å². The number of hydrogen-bond acceptors (Lipinski definition) is 3. The van der Waals surface area contributed by atoms with Crippen molar-refractivity contribution in [2.45, 2.75) is 31.4 Å². The molecule has 2 aliphatic rings. The van der Waals surface area contributed by atoms with Gasteiger partial charge in [-0.1, -0.05) is 23.7 Å². The number of β-amino-alcohol motifs (C(OH)–C–C–N with tert-alkyl or cyclic N) is 1. The summed E-state index contributed by atoms with van der Waals surface area (Å²) in [7, 11) is 0. The average molecular weight is 349 g/mol. The van der Waals surface area contributed by atoms with Crippen LogP contribution in [-0.2, 0) is 9.59 Å². The number of piperidine rings is 1. The smallest absolute Gasteiger partial charge is 0.247 e. The third-order valence-corrected chi connectivity index (χ3v) is 4.79. The van der Waals surface area contributed by atoms with Gasteiger partial charge >= 0.3 is 0 Å². The molecule has 2 heterocycles. The molecule has 0 spiro atoms. The van der Waals surface area contributed by atoms with Crippen molar-refractivity contribution in [1.82, 2.24) is 9.80 Å². The van der Waals surface area contributed by atoms with E-state index >= 15 is 0 Å². The summed E-state index contributed by atoms with van der Waals surface area (Å²) in [5.41, 5.74) is 0.888. The Kier molecular flexibility index (Phi) is 5.21. The Morgan fingerprint density at radius 1 is 1.17 bits per heavy atom. The highest BCUT2D eigenvalue weighted by Gasteiger charge is 2.38. The summed E-state index contributed by atoms with van der Waals surface area (Å²) >= 11 is 5.85. The normalized spacial score (nSPS) is 21.8. The lowest BCUT2D eigenvalue weighted by Gasteiger charge is -2.42. The number of carbonyl (C=O) groups excluding carboxylic acids is 2. The van der Waals surface area contributed by atoms with E-state index in [0.29, 0.717) is 31.1 Å². The van der Waals surface area contributed by atoms with E-state index in [1.54, 1.807) is 28.0 Å². The number of nitrogens with zero attached hydrogens (tertiary/aromatic N) is 2. The largest absolute Gasteiger partial charge is 0.389 e. The third kappa shape index (κ3) is 3.79. The van der Waals surface area contributed by atoms with Gasteiger partial charge in [0.05, 0.1) is 6.10 Å². The lowest BCUT2D eigenvalue weighted by Crippen LogP contribution is -2.60. The van der Waals surface area contributed by atoms with Crippen LogP contribution in [0.25, 0.3) is 6.08 Å². The molecule has 0 aromatic heterocycles. The summed E-state index contributed by atoms with van der Waals surface area (Å²) in [5, 5.41) is 10.0. The van der Waals surface area contributed by atoms with E-state index in [1.807, 2.05) is 12.1 Å². The van der Waals surface area contributed by atoms with E-state index in [4.69, 9.17) is 11.6 Å². The zero-order valence-corrected chi connectivity index (χ0v) is 14.2. The minimum absolute atomic E-state index is 0.0479. The molecule has 1 atom stereocenters. The lowest BCUT2D eigenvalue weighted by atomic mass is 9.98. The van der Waals surface area contributed by atoms with Crippen molar-refractivity contribution in [3.63, 3.8) is 0 Å². The predicted octanol–water partition coefficient (Wildman–Crippen LogP) is 1.94. The Hall–Kier alpha value is -1.85. The van der Waals surface area contributed by atoms with Crippen molar-refractivity contribution >= 4 is 29.5 Å². The van der Waals surface area contributed by atoms with Crippen LogP contribution in [0.1, 0.15) is 24.8 Å². The maximum absolute atomic E-state index is 12.5. The highest BCUT2D eigenvalue weighted by atomic mass is 35.5. The number of benzene rings is 1. The van der Waals surface area contributed by atoms with E-state index < -0.39 is 12.1 Å². The van der Waals surface area contributed by atoms with E-state index in [2.05, 4.69) is 0 Å². The molecule has 24 heavy (non-hydrogen) atoms. The Balaban J connectivity index is 1.66. The topological polar surface area (TPSA) is 60.9 Å². The summed E-state index contributed by atoms with van der Waals surface area (Å²) in [4.78, 5) is 28.4. The van der Waals surface area contributed by atoms with Crippen molar-refractivity contribution < 1.29 is 14.7 Å². The van der Waals surface area contributed by atoms with Crippen LogP contribution < -0.4 is 0 Å². The highest BCUT2D eigenvalue weighted by Crippen LogP contribution is 2.22. The number of aliphatic hydroxyl groups is 1. The zero-order valence-electron chi connectivity index (χ0n) is 13.4. The van der Waals surface area contributed by atoms with Crippen LogP contribution in [0.3, 0.4) is 0 Å². The van der Waals surface area contributed by atoms with Gasteiger partial charge in [0.1, 0.15) is 6.04 Å². The lowest BCUT2D eigenvalue weighted by molar-refractivity contribution is -0.152. The molecule has 0 saturated carbocycles. The second-order valence-electron chi connectivity index (χ2n) is 6.33. The van der Waals surface area contributed by atoms with Gasteiger partial charge in [-0.15, -0.1) is 0 Å². The summed E-state index contributed by atoms with van der Waals surface area (Å²) in [6.07, 6.45) is 5.37. The summed E-state index contributed by atoms with van der Waals surface area (Å²) in [6, 6.07) is 6.81. The molecule has 2 amide bonds. The molecule has 6 heteroatoms. The molecule has 0 radical (unpaired) electrons. The molecule has 2 saturated heterocycles. The molecule has 1 N–H and O–H groups in total. The number of carbonyl (C=O) groups is 2. The number of aliphatic hydroxyl groups excluding tert-OH is 1. The first-order chi connectivity index (χ1) is 11.5. The van der Waals surface area contributed by atoms with Gasteiger partial charge in [-0.25, -0.2) is 0 Å². The highest BCUT2D eigenvalue weighted by molar-refractivity contribution is 6.30. The van der Waals surface area contributed by atoms with E-state index in [-0.39, 0.29) is 11.8 Å². The van der Waals surface area contributed by atoms with Crippen molar-refractivity contribution in [3.05, 3.63) is 40.9 Å². The molecule has 1 aromatic rings. The van der Waals surface area contributed by atoms with Crippen LogP contribution in [0.15, 0.2) is 30.3 Å². The second kappa shape index (κ2) is 7.36. The first-order valence-electron chi connectivity index (χ1n) is 8.25. The van der Waals surface area contributed by atoms with Gasteiger partial charge in [0.25, 0.3) is 0 Å². The monoisotopic (exact) mass is 348 g/mol. The number of hydrogen-bond donors (Lipinski definition) is 1. The minimum atomic E-state index is -0.425. The van der Waals surface area contributed by atoms with Crippen LogP contribution in [0.2, 0.25) is 5.02 Å². The van der Waals surface area contributed by atoms with E-state index in [9.17, 15) is 14.7 Å². The molecule has 0 aliphatic carbocycles. The number of rotatable bonds is 3. The molecule has 5 nitrogen and oxygen atoms in total. The van der Waals surface area contributed by atoms with Crippen LogP contribution >= 0.6 is 11.6 Å². The van der Waals surface area contributed by atoms with Gasteiger partial charge in [-0.05, 0) is 43.0 Å². The fraction of sp³-hybridized carbons (Fsp3) is 0.444. The third-order valence-electron chi connectivity index (χ3n) is 4.53. The van der Waals surface area contributed by atoms with Gasteiger partial charge in [0, 0.05) is 30.7 Å². The molecule has 1 aromatic carbocycles. The first kappa shape index (κ1) is 17.0. The summed E-state index contributed by atoms with van der Waals surface area (Å²) < 4.78 is 0. The Bertz CT molecular complexity index is 638. The minimum Gasteiger partial charge on any atom is -0.389 e. The first-order valence-corrected chi connectivity index (χ1v) is 8.63. The second-order valence-corrected chi connectivity index (χ2v) is 6.76. The average Bonchev–Trinajstić information content (AvgIpc) is 2.57. The maximum Gasteiger partial charge on any atom is 0.247 e. The zero-order chi connectivity index (χ0) is 17.1. The summed E-state index contributed by atoms with van der Waals surface area (Å²) in [6.45, 7) is 1.34. The quantitative estimate of drug-likeness (QED) is 0.849. The van der Waals surface area contributed by atoms with E-state index in [0.717, 1.165) is 18.4 Å². The Labute approximate surface area is 146 Å². The van der Waals surface area contributed by atoms with Crippen molar-refractivity contribution in [2.24, 2.45) is 0 Å². The molecule has 128 valence electrons. The van der Waals surface area contributed by atoms with Crippen LogP contribution in [-0.4, -0.2) is 58.5 Å². The molecular weight excluding hydrogens is 328 g/mol. The number of likely N-dealkylation sites (tertiary alicyclic amines) is 2. The molecule has 1 unspecified atom stereocenters. The number of halogens is 1. The molecule has 0 bridgehead atoms. The fourth-order valence-corrected chi connectivity index (χ4v) is 3.26. The molecule has 3 rings (SSSR count). The molecular formula is C18H21ClN2O3. The van der Waals surface area contributed by atoms with Crippen molar-refractivity contribution in [3.8, 4) is 0 Å². The maximum atomic E-state index is 12.5. The van der Waals surface area contributed by atoms with Gasteiger partial charge in [-0.2, -0.15) is 0 Å². The van der Waals surface area contributed by atoms with Gasteiger partial charge in [0.15, 0.2) is 0 Å². The number of amides is 2. The van der Waals surface area contributed by atoms with Gasteiger partial charge < -0.3 is 14.9 Å². The van der Waals surface area contributed by atoms with Gasteiger partial charge in [0.2, 0.25) is 11.8 Å². The molecule has 2 aliphatic heterocycles. The van der Waals surface area contributed by atoms with Crippen LogP contribution in [0.5, 0.6) is 0 Å². The van der Waals surface area contributed by atoms with E-state index in [1.165, 1.54) is 6.08 Å². The van der Waals surface area contributed by atoms with Crippen molar-refractivity contribution in [2.75, 3.05) is 19.6 Å². The predicted molar refractivity (Wildman–Crippen MR) is 92.4 cm³/mol. The van der Waals surface area contributed by atoms with Gasteiger partial charge in [-0.3, -0.25) is 9.59 Å².